The average molecular weight is 277 g/mol. The van der Waals surface area contributed by atoms with Gasteiger partial charge in [0.2, 0.25) is 0 Å². The lowest BCUT2D eigenvalue weighted by atomic mass is 10.0. The number of hydrogen-bond acceptors (Lipinski definition) is 2. The van der Waals surface area contributed by atoms with Crippen LogP contribution in [0.25, 0.3) is 0 Å². The second-order valence-corrected chi connectivity index (χ2v) is 6.00. The first-order valence-electron chi connectivity index (χ1n) is 8.01. The van der Waals surface area contributed by atoms with E-state index in [1.54, 1.807) is 0 Å². The van der Waals surface area contributed by atoms with E-state index < -0.39 is 0 Å². The van der Waals surface area contributed by atoms with E-state index in [2.05, 4.69) is 58.1 Å². The minimum Gasteiger partial charge on any atom is -0.493 e. The third kappa shape index (κ3) is 5.96. The van der Waals surface area contributed by atoms with Crippen molar-refractivity contribution in [1.82, 2.24) is 5.32 Å². The smallest absolute Gasteiger partial charge is 0.122 e. The summed E-state index contributed by atoms with van der Waals surface area (Å²) in [5.41, 5.74) is 2.58. The Hall–Kier alpha value is -1.02. The van der Waals surface area contributed by atoms with Crippen molar-refractivity contribution >= 4 is 0 Å². The van der Waals surface area contributed by atoms with Gasteiger partial charge < -0.3 is 10.1 Å². The lowest BCUT2D eigenvalue weighted by Gasteiger charge is -2.13. The maximum atomic E-state index is 5.93. The van der Waals surface area contributed by atoms with Gasteiger partial charge in [-0.05, 0) is 62.8 Å². The van der Waals surface area contributed by atoms with Crippen molar-refractivity contribution in [2.24, 2.45) is 0 Å². The van der Waals surface area contributed by atoms with Crippen LogP contribution in [0.2, 0.25) is 0 Å². The van der Waals surface area contributed by atoms with Crippen LogP contribution in [0.15, 0.2) is 18.2 Å². The van der Waals surface area contributed by atoms with E-state index in [0.717, 1.165) is 25.3 Å². The summed E-state index contributed by atoms with van der Waals surface area (Å²) < 4.78 is 5.93. The van der Waals surface area contributed by atoms with Crippen molar-refractivity contribution in [1.29, 1.82) is 0 Å². The largest absolute Gasteiger partial charge is 0.493 e. The summed E-state index contributed by atoms with van der Waals surface area (Å²) in [5, 5.41) is 3.51. The standard InChI is InChI=1S/C18H31NO/c1-6-16(5)19-11-7-8-12-20-18-13-17(14(2)3)10-9-15(18)4/h9-10,13-14,16,19H,6-8,11-12H2,1-5H3/t16-/m1/s1. The van der Waals surface area contributed by atoms with Gasteiger partial charge in [-0.2, -0.15) is 0 Å². The lowest BCUT2D eigenvalue weighted by Crippen LogP contribution is -2.26. The van der Waals surface area contributed by atoms with Crippen LogP contribution < -0.4 is 10.1 Å². The molecule has 1 aromatic carbocycles. The molecule has 1 atom stereocenters. The van der Waals surface area contributed by atoms with E-state index in [-0.39, 0.29) is 0 Å². The van der Waals surface area contributed by atoms with Gasteiger partial charge in [-0.15, -0.1) is 0 Å². The number of hydrogen-bond donors (Lipinski definition) is 1. The van der Waals surface area contributed by atoms with Crippen LogP contribution in [0, 0.1) is 6.92 Å². The fourth-order valence-corrected chi connectivity index (χ4v) is 2.03. The number of nitrogens with one attached hydrogen (secondary N) is 1. The van der Waals surface area contributed by atoms with E-state index >= 15 is 0 Å². The van der Waals surface area contributed by atoms with E-state index in [1.165, 1.54) is 24.0 Å². The summed E-state index contributed by atoms with van der Waals surface area (Å²) in [6.45, 7) is 12.9. The highest BCUT2D eigenvalue weighted by Crippen LogP contribution is 2.24. The second kappa shape index (κ2) is 9.02. The zero-order valence-corrected chi connectivity index (χ0v) is 13.8. The van der Waals surface area contributed by atoms with Crippen LogP contribution >= 0.6 is 0 Å². The number of rotatable bonds is 9. The number of ether oxygens (including phenoxy) is 1. The molecule has 0 saturated heterocycles. The molecule has 0 aliphatic rings. The van der Waals surface area contributed by atoms with Crippen LogP contribution in [0.5, 0.6) is 5.75 Å². The van der Waals surface area contributed by atoms with Gasteiger partial charge in [-0.25, -0.2) is 0 Å². The molecule has 0 radical (unpaired) electrons. The minimum absolute atomic E-state index is 0.553. The summed E-state index contributed by atoms with van der Waals surface area (Å²) in [4.78, 5) is 0. The zero-order valence-electron chi connectivity index (χ0n) is 13.8. The van der Waals surface area contributed by atoms with Gasteiger partial charge in [-0.3, -0.25) is 0 Å². The maximum absolute atomic E-state index is 5.93. The zero-order chi connectivity index (χ0) is 15.0. The Morgan fingerprint density at radius 2 is 1.90 bits per heavy atom. The average Bonchev–Trinajstić information content (AvgIpc) is 2.43. The van der Waals surface area contributed by atoms with Gasteiger partial charge in [0.05, 0.1) is 6.61 Å². The molecule has 2 nitrogen and oxygen atoms in total. The predicted molar refractivity (Wildman–Crippen MR) is 87.8 cm³/mol. The Bertz CT molecular complexity index is 387. The molecule has 1 rings (SSSR count). The molecule has 0 saturated carbocycles. The Morgan fingerprint density at radius 3 is 2.55 bits per heavy atom. The van der Waals surface area contributed by atoms with Crippen LogP contribution in [0.4, 0.5) is 0 Å². The molecule has 114 valence electrons. The third-order valence-corrected chi connectivity index (χ3v) is 3.81. The summed E-state index contributed by atoms with van der Waals surface area (Å²) >= 11 is 0. The summed E-state index contributed by atoms with van der Waals surface area (Å²) in [7, 11) is 0. The quantitative estimate of drug-likeness (QED) is 0.663. The molecule has 0 spiro atoms. The molecule has 0 heterocycles. The lowest BCUT2D eigenvalue weighted by molar-refractivity contribution is 0.302. The first kappa shape index (κ1) is 17.0. The van der Waals surface area contributed by atoms with Crippen molar-refractivity contribution in [3.05, 3.63) is 29.3 Å². The van der Waals surface area contributed by atoms with E-state index in [0.29, 0.717) is 12.0 Å². The number of aryl methyl sites for hydroxylation is 1. The topological polar surface area (TPSA) is 21.3 Å². The fraction of sp³-hybridized carbons (Fsp3) is 0.667. The number of unbranched alkanes of at least 4 members (excludes halogenated alkanes) is 1. The fourth-order valence-electron chi connectivity index (χ4n) is 2.03. The van der Waals surface area contributed by atoms with Crippen molar-refractivity contribution in [3.8, 4) is 5.75 Å². The Balaban J connectivity index is 2.29. The van der Waals surface area contributed by atoms with Crippen molar-refractivity contribution in [3.63, 3.8) is 0 Å². The van der Waals surface area contributed by atoms with E-state index in [4.69, 9.17) is 4.74 Å². The molecule has 0 amide bonds. The first-order chi connectivity index (χ1) is 9.54. The van der Waals surface area contributed by atoms with Gasteiger partial charge in [0.1, 0.15) is 5.75 Å². The molecule has 0 fully saturated rings. The molecule has 2 heteroatoms. The highest BCUT2D eigenvalue weighted by Gasteiger charge is 2.04. The van der Waals surface area contributed by atoms with Crippen molar-refractivity contribution in [2.75, 3.05) is 13.2 Å². The summed E-state index contributed by atoms with van der Waals surface area (Å²) in [5.74, 6) is 1.60. The first-order valence-corrected chi connectivity index (χ1v) is 8.01. The monoisotopic (exact) mass is 277 g/mol. The predicted octanol–water partition coefficient (Wildman–Crippen LogP) is 4.67. The SMILES string of the molecule is CC[C@@H](C)NCCCCOc1cc(C(C)C)ccc1C. The molecule has 0 unspecified atom stereocenters. The van der Waals surface area contributed by atoms with Crippen LogP contribution in [-0.2, 0) is 0 Å². The van der Waals surface area contributed by atoms with Gasteiger partial charge >= 0.3 is 0 Å². The number of benzene rings is 1. The van der Waals surface area contributed by atoms with Crippen molar-refractivity contribution < 1.29 is 4.74 Å². The second-order valence-electron chi connectivity index (χ2n) is 6.00. The van der Waals surface area contributed by atoms with E-state index in [9.17, 15) is 0 Å². The maximum Gasteiger partial charge on any atom is 0.122 e. The Morgan fingerprint density at radius 1 is 1.15 bits per heavy atom. The molecule has 0 aliphatic heterocycles. The Kier molecular flexibility index (Phi) is 7.68. The molecular formula is C18H31NO. The minimum atomic E-state index is 0.553. The third-order valence-electron chi connectivity index (χ3n) is 3.81. The van der Waals surface area contributed by atoms with Crippen LogP contribution in [0.3, 0.4) is 0 Å². The Labute approximate surface area is 124 Å². The molecule has 0 bridgehead atoms. The highest BCUT2D eigenvalue weighted by molar-refractivity contribution is 5.37. The van der Waals surface area contributed by atoms with Gasteiger partial charge in [0, 0.05) is 6.04 Å². The molecule has 0 aromatic heterocycles. The summed E-state index contributed by atoms with van der Waals surface area (Å²) in [6, 6.07) is 7.18. The molecular weight excluding hydrogens is 246 g/mol. The van der Waals surface area contributed by atoms with Gasteiger partial charge in [0.15, 0.2) is 0 Å². The van der Waals surface area contributed by atoms with Gasteiger partial charge in [0.25, 0.3) is 0 Å². The van der Waals surface area contributed by atoms with Crippen molar-refractivity contribution in [2.45, 2.75) is 65.8 Å². The molecule has 1 aromatic rings. The molecule has 0 aliphatic carbocycles. The highest BCUT2D eigenvalue weighted by atomic mass is 16.5. The van der Waals surface area contributed by atoms with Crippen LogP contribution in [-0.4, -0.2) is 19.2 Å². The van der Waals surface area contributed by atoms with Gasteiger partial charge in [-0.1, -0.05) is 32.9 Å². The summed E-state index contributed by atoms with van der Waals surface area (Å²) in [6.07, 6.45) is 3.47. The molecule has 20 heavy (non-hydrogen) atoms. The molecule has 1 N–H and O–H groups in total. The van der Waals surface area contributed by atoms with E-state index in [1.807, 2.05) is 0 Å². The normalized spacial score (nSPS) is 12.7. The van der Waals surface area contributed by atoms with Crippen LogP contribution in [0.1, 0.15) is 64.0 Å².